The highest BCUT2D eigenvalue weighted by atomic mass is 79.9. The molecular formula is C17H16BrNO4. The average Bonchev–Trinajstić information content (AvgIpc) is 2.53. The zero-order chi connectivity index (χ0) is 16.8. The van der Waals surface area contributed by atoms with Gasteiger partial charge >= 0.3 is 5.97 Å². The van der Waals surface area contributed by atoms with E-state index in [2.05, 4.69) is 21.2 Å². The number of carboxylic acid groups (broad SMARTS) is 1. The molecule has 6 heteroatoms. The summed E-state index contributed by atoms with van der Waals surface area (Å²) in [4.78, 5) is 23.5. The minimum atomic E-state index is -1.05. The average molecular weight is 378 g/mol. The quantitative estimate of drug-likeness (QED) is 0.791. The van der Waals surface area contributed by atoms with Crippen molar-refractivity contribution in [3.05, 3.63) is 58.1 Å². The van der Waals surface area contributed by atoms with Crippen LogP contribution in [0.1, 0.15) is 34.1 Å². The lowest BCUT2D eigenvalue weighted by atomic mass is 10.1. The molecule has 120 valence electrons. The van der Waals surface area contributed by atoms with Gasteiger partial charge < -0.3 is 15.2 Å². The number of aromatic carboxylic acids is 1. The highest BCUT2D eigenvalue weighted by molar-refractivity contribution is 9.10. The second kappa shape index (κ2) is 7.78. The molecule has 2 aromatic carbocycles. The van der Waals surface area contributed by atoms with E-state index in [0.717, 1.165) is 10.9 Å². The Bertz CT molecular complexity index is 730. The number of amides is 1. The number of hydrogen-bond acceptors (Lipinski definition) is 3. The van der Waals surface area contributed by atoms with Crippen molar-refractivity contribution in [1.82, 2.24) is 0 Å². The summed E-state index contributed by atoms with van der Waals surface area (Å²) in [5.41, 5.74) is 0.907. The van der Waals surface area contributed by atoms with E-state index in [1.807, 2.05) is 6.92 Å². The number of nitrogens with one attached hydrogen (secondary N) is 1. The molecule has 0 atom stereocenters. The van der Waals surface area contributed by atoms with Crippen LogP contribution in [0.3, 0.4) is 0 Å². The van der Waals surface area contributed by atoms with Crippen LogP contribution in [-0.2, 0) is 0 Å². The molecule has 0 unspecified atom stereocenters. The molecule has 5 nitrogen and oxygen atoms in total. The maximum Gasteiger partial charge on any atom is 0.335 e. The third-order valence-electron chi connectivity index (χ3n) is 3.02. The maximum atomic E-state index is 12.5. The van der Waals surface area contributed by atoms with Gasteiger partial charge in [-0.2, -0.15) is 0 Å². The summed E-state index contributed by atoms with van der Waals surface area (Å²) in [6, 6.07) is 11.3. The third-order valence-corrected chi connectivity index (χ3v) is 3.51. The van der Waals surface area contributed by atoms with Gasteiger partial charge in [-0.25, -0.2) is 4.79 Å². The Hall–Kier alpha value is -2.34. The first-order chi connectivity index (χ1) is 11.0. The SMILES string of the molecule is CCCOc1ccc(Br)cc1C(=O)Nc1cccc(C(=O)O)c1. The number of hydrogen-bond donors (Lipinski definition) is 2. The van der Waals surface area contributed by atoms with E-state index in [-0.39, 0.29) is 11.5 Å². The van der Waals surface area contributed by atoms with E-state index in [1.54, 1.807) is 30.3 Å². The van der Waals surface area contributed by atoms with Crippen LogP contribution in [0.5, 0.6) is 5.75 Å². The van der Waals surface area contributed by atoms with Crippen LogP contribution in [0.4, 0.5) is 5.69 Å². The zero-order valence-electron chi connectivity index (χ0n) is 12.5. The standard InChI is InChI=1S/C17H16BrNO4/c1-2-8-23-15-7-6-12(18)10-14(15)16(20)19-13-5-3-4-11(9-13)17(21)22/h3-7,9-10H,2,8H2,1H3,(H,19,20)(H,21,22). The van der Waals surface area contributed by atoms with Gasteiger partial charge in [-0.1, -0.05) is 28.9 Å². The van der Waals surface area contributed by atoms with Crippen molar-refractivity contribution in [2.24, 2.45) is 0 Å². The van der Waals surface area contributed by atoms with Gasteiger partial charge in [-0.15, -0.1) is 0 Å². The van der Waals surface area contributed by atoms with E-state index >= 15 is 0 Å². The van der Waals surface area contributed by atoms with Crippen molar-refractivity contribution in [1.29, 1.82) is 0 Å². The summed E-state index contributed by atoms with van der Waals surface area (Å²) in [5.74, 6) is -0.919. The Balaban J connectivity index is 2.25. The second-order valence-corrected chi connectivity index (χ2v) is 5.74. The normalized spacial score (nSPS) is 10.2. The van der Waals surface area contributed by atoms with E-state index in [1.165, 1.54) is 12.1 Å². The van der Waals surface area contributed by atoms with Crippen LogP contribution in [-0.4, -0.2) is 23.6 Å². The van der Waals surface area contributed by atoms with Gasteiger partial charge in [0.25, 0.3) is 5.91 Å². The molecule has 0 saturated heterocycles. The maximum absolute atomic E-state index is 12.5. The fraction of sp³-hybridized carbons (Fsp3) is 0.176. The Morgan fingerprint density at radius 1 is 1.22 bits per heavy atom. The number of carbonyl (C=O) groups is 2. The van der Waals surface area contributed by atoms with E-state index < -0.39 is 5.97 Å². The van der Waals surface area contributed by atoms with Gasteiger partial charge in [0.15, 0.2) is 0 Å². The molecule has 0 aliphatic rings. The number of carboxylic acids is 1. The molecular weight excluding hydrogens is 362 g/mol. The van der Waals surface area contributed by atoms with E-state index in [0.29, 0.717) is 23.6 Å². The third kappa shape index (κ3) is 4.56. The summed E-state index contributed by atoms with van der Waals surface area (Å²) >= 11 is 3.34. The highest BCUT2D eigenvalue weighted by Gasteiger charge is 2.14. The molecule has 2 rings (SSSR count). The van der Waals surface area contributed by atoms with Crippen molar-refractivity contribution in [2.45, 2.75) is 13.3 Å². The van der Waals surface area contributed by atoms with Crippen LogP contribution in [0, 0.1) is 0 Å². The molecule has 2 N–H and O–H groups in total. The molecule has 0 spiro atoms. The van der Waals surface area contributed by atoms with E-state index in [4.69, 9.17) is 9.84 Å². The van der Waals surface area contributed by atoms with Crippen molar-refractivity contribution in [3.8, 4) is 5.75 Å². The van der Waals surface area contributed by atoms with Crippen LogP contribution < -0.4 is 10.1 Å². The van der Waals surface area contributed by atoms with Crippen molar-refractivity contribution in [3.63, 3.8) is 0 Å². The van der Waals surface area contributed by atoms with Crippen molar-refractivity contribution in [2.75, 3.05) is 11.9 Å². The first-order valence-electron chi connectivity index (χ1n) is 7.08. The molecule has 0 radical (unpaired) electrons. The van der Waals surface area contributed by atoms with E-state index in [9.17, 15) is 9.59 Å². The Kier molecular flexibility index (Phi) is 5.76. The Morgan fingerprint density at radius 2 is 2.00 bits per heavy atom. The van der Waals surface area contributed by atoms with Crippen LogP contribution >= 0.6 is 15.9 Å². The lowest BCUT2D eigenvalue weighted by Gasteiger charge is -2.12. The number of ether oxygens (including phenoxy) is 1. The smallest absolute Gasteiger partial charge is 0.335 e. The first kappa shape index (κ1) is 17.0. The number of anilines is 1. The number of rotatable bonds is 6. The number of halogens is 1. The second-order valence-electron chi connectivity index (χ2n) is 4.83. The monoisotopic (exact) mass is 377 g/mol. The number of benzene rings is 2. The fourth-order valence-electron chi connectivity index (χ4n) is 1.95. The van der Waals surface area contributed by atoms with Crippen molar-refractivity contribution >= 4 is 33.5 Å². The van der Waals surface area contributed by atoms with Gasteiger partial charge in [0.2, 0.25) is 0 Å². The predicted octanol–water partition coefficient (Wildman–Crippen LogP) is 4.19. The van der Waals surface area contributed by atoms with Gasteiger partial charge in [0, 0.05) is 10.2 Å². The summed E-state index contributed by atoms with van der Waals surface area (Å²) in [6.45, 7) is 2.49. The topological polar surface area (TPSA) is 75.6 Å². The van der Waals surface area contributed by atoms with Crippen LogP contribution in [0.2, 0.25) is 0 Å². The van der Waals surface area contributed by atoms with Crippen LogP contribution in [0.15, 0.2) is 46.9 Å². The zero-order valence-corrected chi connectivity index (χ0v) is 14.1. The molecule has 0 aliphatic heterocycles. The van der Waals surface area contributed by atoms with Crippen LogP contribution in [0.25, 0.3) is 0 Å². The largest absolute Gasteiger partial charge is 0.493 e. The Labute approximate surface area is 142 Å². The van der Waals surface area contributed by atoms with Gasteiger partial charge in [-0.3, -0.25) is 4.79 Å². The Morgan fingerprint density at radius 3 is 2.70 bits per heavy atom. The van der Waals surface area contributed by atoms with Gasteiger partial charge in [-0.05, 0) is 42.8 Å². The highest BCUT2D eigenvalue weighted by Crippen LogP contribution is 2.25. The molecule has 0 saturated carbocycles. The lowest BCUT2D eigenvalue weighted by Crippen LogP contribution is -2.14. The first-order valence-corrected chi connectivity index (χ1v) is 7.87. The molecule has 2 aromatic rings. The van der Waals surface area contributed by atoms with Gasteiger partial charge in [0.05, 0.1) is 17.7 Å². The predicted molar refractivity (Wildman–Crippen MR) is 91.3 cm³/mol. The molecule has 1 amide bonds. The van der Waals surface area contributed by atoms with Gasteiger partial charge in [0.1, 0.15) is 5.75 Å². The fourth-order valence-corrected chi connectivity index (χ4v) is 2.31. The summed E-state index contributed by atoms with van der Waals surface area (Å²) in [6.07, 6.45) is 0.831. The number of carbonyl (C=O) groups excluding carboxylic acids is 1. The van der Waals surface area contributed by atoms with Crippen molar-refractivity contribution < 1.29 is 19.4 Å². The molecule has 0 heterocycles. The summed E-state index contributed by atoms with van der Waals surface area (Å²) < 4.78 is 6.34. The molecule has 0 aliphatic carbocycles. The molecule has 0 bridgehead atoms. The minimum Gasteiger partial charge on any atom is -0.493 e. The molecule has 0 aromatic heterocycles. The summed E-state index contributed by atoms with van der Waals surface area (Å²) in [5, 5.41) is 11.7. The molecule has 0 fully saturated rings. The lowest BCUT2D eigenvalue weighted by molar-refractivity contribution is 0.0696. The summed E-state index contributed by atoms with van der Waals surface area (Å²) in [7, 11) is 0. The molecule has 23 heavy (non-hydrogen) atoms. The minimum absolute atomic E-state index is 0.111.